The monoisotopic (exact) mass is 392 g/mol. The van der Waals surface area contributed by atoms with Gasteiger partial charge in [0.05, 0.1) is 16.4 Å². The number of nitrogens with zero attached hydrogens (tertiary/aromatic N) is 2. The lowest BCUT2D eigenvalue weighted by Gasteiger charge is -2.17. The Balaban J connectivity index is 1.65. The van der Waals surface area contributed by atoms with Crippen LogP contribution in [0.4, 0.5) is 17.1 Å². The molecule has 2 aromatic carbocycles. The van der Waals surface area contributed by atoms with Crippen molar-refractivity contribution in [2.45, 2.75) is 4.90 Å². The number of amides is 1. The van der Waals surface area contributed by atoms with Crippen molar-refractivity contribution in [1.82, 2.24) is 0 Å². The van der Waals surface area contributed by atoms with Gasteiger partial charge in [-0.3, -0.25) is 14.9 Å². The van der Waals surface area contributed by atoms with E-state index >= 15 is 0 Å². The standard InChI is InChI=1S/C15H12N4O5S2/c20-14(16-10-4-3-5-11(8-10)19(21)22)9-25-15-17-12-6-1-2-7-13(12)26(23,24)18-15/h1-8H,9H2,(H,16,20)(H,17,18). The number of nitro benzene ring substituents is 1. The number of nitrogens with one attached hydrogen (secondary N) is 2. The maximum atomic E-state index is 12.1. The van der Waals surface area contributed by atoms with E-state index in [0.29, 0.717) is 5.69 Å². The molecule has 3 rings (SSSR count). The number of hydrogen-bond acceptors (Lipinski definition) is 7. The van der Waals surface area contributed by atoms with Gasteiger partial charge in [0.25, 0.3) is 15.7 Å². The van der Waals surface area contributed by atoms with Gasteiger partial charge in [-0.15, -0.1) is 4.40 Å². The highest BCUT2D eigenvalue weighted by Crippen LogP contribution is 2.29. The van der Waals surface area contributed by atoms with Gasteiger partial charge < -0.3 is 10.6 Å². The molecule has 2 N–H and O–H groups in total. The number of nitro groups is 1. The summed E-state index contributed by atoms with van der Waals surface area (Å²) >= 11 is 0.915. The molecule has 2 aromatic rings. The van der Waals surface area contributed by atoms with Crippen LogP contribution < -0.4 is 10.6 Å². The van der Waals surface area contributed by atoms with Crippen LogP contribution in [-0.4, -0.2) is 30.2 Å². The zero-order chi connectivity index (χ0) is 18.7. The number of carbonyl (C=O) groups is 1. The maximum Gasteiger partial charge on any atom is 0.286 e. The fourth-order valence-electron chi connectivity index (χ4n) is 2.18. The number of hydrogen-bond donors (Lipinski definition) is 2. The molecule has 1 aliphatic rings. The van der Waals surface area contributed by atoms with Crippen molar-refractivity contribution in [1.29, 1.82) is 0 Å². The Morgan fingerprint density at radius 1 is 1.23 bits per heavy atom. The Kier molecular flexibility index (Phi) is 4.91. The van der Waals surface area contributed by atoms with Crippen LogP contribution in [-0.2, 0) is 14.8 Å². The SMILES string of the molecule is O=C(CSC1=NS(=O)(=O)c2ccccc2N1)Nc1cccc([N+](=O)[O-])c1. The molecule has 0 saturated heterocycles. The molecule has 0 radical (unpaired) electrons. The smallest absolute Gasteiger partial charge is 0.286 e. The first kappa shape index (κ1) is 17.9. The minimum Gasteiger partial charge on any atom is -0.333 e. The molecule has 1 aliphatic heterocycles. The zero-order valence-electron chi connectivity index (χ0n) is 13.1. The normalized spacial score (nSPS) is 14.5. The van der Waals surface area contributed by atoms with Crippen molar-refractivity contribution in [3.63, 3.8) is 0 Å². The Bertz CT molecular complexity index is 1020. The van der Waals surface area contributed by atoms with Crippen LogP contribution >= 0.6 is 11.8 Å². The molecular formula is C15H12N4O5S2. The van der Waals surface area contributed by atoms with E-state index < -0.39 is 20.9 Å². The summed E-state index contributed by atoms with van der Waals surface area (Å²) in [7, 11) is -3.82. The minimum absolute atomic E-state index is 0.0744. The van der Waals surface area contributed by atoms with Crippen molar-refractivity contribution >= 4 is 49.9 Å². The highest BCUT2D eigenvalue weighted by molar-refractivity contribution is 8.15. The van der Waals surface area contributed by atoms with E-state index in [0.717, 1.165) is 11.8 Å². The Labute approximate surface area is 152 Å². The van der Waals surface area contributed by atoms with Gasteiger partial charge in [0.2, 0.25) is 5.91 Å². The van der Waals surface area contributed by atoms with E-state index in [1.165, 1.54) is 30.3 Å². The third-order valence-corrected chi connectivity index (χ3v) is 5.61. The summed E-state index contributed by atoms with van der Waals surface area (Å²) in [6, 6.07) is 11.8. The molecule has 0 saturated carbocycles. The molecule has 9 nitrogen and oxygen atoms in total. The molecule has 0 unspecified atom stereocenters. The molecule has 26 heavy (non-hydrogen) atoms. The summed E-state index contributed by atoms with van der Waals surface area (Å²) in [6.07, 6.45) is 0. The summed E-state index contributed by atoms with van der Waals surface area (Å²) in [5, 5.41) is 16.2. The van der Waals surface area contributed by atoms with Crippen LogP contribution in [0.5, 0.6) is 0 Å². The van der Waals surface area contributed by atoms with Crippen molar-refractivity contribution in [3.8, 4) is 0 Å². The Morgan fingerprint density at radius 2 is 2.00 bits per heavy atom. The summed E-state index contributed by atoms with van der Waals surface area (Å²) in [5.74, 6) is -0.567. The molecule has 0 fully saturated rings. The minimum atomic E-state index is -3.82. The van der Waals surface area contributed by atoms with Gasteiger partial charge in [-0.05, 0) is 18.2 Å². The van der Waals surface area contributed by atoms with Gasteiger partial charge >= 0.3 is 0 Å². The predicted octanol–water partition coefficient (Wildman–Crippen LogP) is 2.44. The second kappa shape index (κ2) is 7.14. The highest BCUT2D eigenvalue weighted by atomic mass is 32.2. The number of benzene rings is 2. The molecular weight excluding hydrogens is 380 g/mol. The van der Waals surface area contributed by atoms with Gasteiger partial charge in [-0.25, -0.2) is 0 Å². The molecule has 1 heterocycles. The van der Waals surface area contributed by atoms with E-state index in [1.807, 2.05) is 0 Å². The molecule has 0 aliphatic carbocycles. The summed E-state index contributed by atoms with van der Waals surface area (Å²) < 4.78 is 27.9. The van der Waals surface area contributed by atoms with Gasteiger partial charge in [0, 0.05) is 17.8 Å². The largest absolute Gasteiger partial charge is 0.333 e. The fourth-order valence-corrected chi connectivity index (χ4v) is 4.22. The van der Waals surface area contributed by atoms with Crippen LogP contribution in [0, 0.1) is 10.1 Å². The molecule has 0 atom stereocenters. The van der Waals surface area contributed by atoms with Crippen LogP contribution in [0.1, 0.15) is 0 Å². The van der Waals surface area contributed by atoms with E-state index in [1.54, 1.807) is 18.2 Å². The second-order valence-corrected chi connectivity index (χ2v) is 7.67. The Hall–Kier alpha value is -2.92. The van der Waals surface area contributed by atoms with Crippen molar-refractivity contribution in [3.05, 3.63) is 58.6 Å². The van der Waals surface area contributed by atoms with Crippen LogP contribution in [0.2, 0.25) is 0 Å². The summed E-state index contributed by atoms with van der Waals surface area (Å²) in [4.78, 5) is 22.3. The molecule has 134 valence electrons. The maximum absolute atomic E-state index is 12.1. The van der Waals surface area contributed by atoms with Crippen LogP contribution in [0.15, 0.2) is 57.8 Å². The van der Waals surface area contributed by atoms with Crippen LogP contribution in [0.25, 0.3) is 0 Å². The fraction of sp³-hybridized carbons (Fsp3) is 0.0667. The predicted molar refractivity (Wildman–Crippen MR) is 98.9 cm³/mol. The second-order valence-electron chi connectivity index (χ2n) is 5.14. The van der Waals surface area contributed by atoms with Gasteiger partial charge in [0.1, 0.15) is 4.90 Å². The first-order chi connectivity index (χ1) is 12.3. The number of amidine groups is 1. The van der Waals surface area contributed by atoms with Gasteiger partial charge in [-0.1, -0.05) is 30.0 Å². The van der Waals surface area contributed by atoms with Crippen LogP contribution in [0.3, 0.4) is 0 Å². The Morgan fingerprint density at radius 3 is 2.77 bits per heavy atom. The van der Waals surface area contributed by atoms with Crippen molar-refractivity contribution in [2.24, 2.45) is 4.40 Å². The number of sulfonamides is 1. The molecule has 11 heteroatoms. The highest BCUT2D eigenvalue weighted by Gasteiger charge is 2.24. The number of carbonyl (C=O) groups excluding carboxylic acids is 1. The lowest BCUT2D eigenvalue weighted by atomic mass is 10.3. The zero-order valence-corrected chi connectivity index (χ0v) is 14.7. The number of non-ortho nitro benzene ring substituents is 1. The topological polar surface area (TPSA) is 131 Å². The van der Waals surface area contributed by atoms with Gasteiger partial charge in [-0.2, -0.15) is 8.42 Å². The summed E-state index contributed by atoms with van der Waals surface area (Å²) in [6.45, 7) is 0. The number of fused-ring (bicyclic) bond motifs is 1. The lowest BCUT2D eigenvalue weighted by Crippen LogP contribution is -2.22. The average Bonchev–Trinajstić information content (AvgIpc) is 2.60. The quantitative estimate of drug-likeness (QED) is 0.603. The first-order valence-electron chi connectivity index (χ1n) is 7.23. The number of para-hydroxylation sites is 1. The third kappa shape index (κ3) is 4.00. The van der Waals surface area contributed by atoms with Gasteiger partial charge in [0.15, 0.2) is 5.17 Å². The average molecular weight is 392 g/mol. The van der Waals surface area contributed by atoms with Crippen molar-refractivity contribution in [2.75, 3.05) is 16.4 Å². The van der Waals surface area contributed by atoms with E-state index in [2.05, 4.69) is 15.0 Å². The lowest BCUT2D eigenvalue weighted by molar-refractivity contribution is -0.384. The number of rotatable bonds is 4. The number of anilines is 2. The third-order valence-electron chi connectivity index (χ3n) is 3.29. The van der Waals surface area contributed by atoms with Crippen molar-refractivity contribution < 1.29 is 18.1 Å². The molecule has 1 amide bonds. The van der Waals surface area contributed by atoms with E-state index in [-0.39, 0.29) is 27.2 Å². The first-order valence-corrected chi connectivity index (χ1v) is 9.66. The molecule has 0 spiro atoms. The number of thioether (sulfide) groups is 1. The van der Waals surface area contributed by atoms with E-state index in [4.69, 9.17) is 0 Å². The molecule has 0 aromatic heterocycles. The summed E-state index contributed by atoms with van der Waals surface area (Å²) in [5.41, 5.74) is 0.530. The van der Waals surface area contributed by atoms with E-state index in [9.17, 15) is 23.3 Å². The molecule has 0 bridgehead atoms.